The minimum Gasteiger partial charge on any atom is -0.282 e. The molecule has 0 bridgehead atoms. The maximum atomic E-state index is 12.2. The Bertz CT molecular complexity index is 345. The molecule has 1 rings (SSSR count). The lowest BCUT2D eigenvalue weighted by atomic mass is 10.1. The highest BCUT2D eigenvalue weighted by atomic mass is 19.4. The van der Waals surface area contributed by atoms with Gasteiger partial charge in [-0.05, 0) is 6.92 Å². The van der Waals surface area contributed by atoms with Crippen LogP contribution in [-0.2, 0) is 12.6 Å². The fourth-order valence-electron chi connectivity index (χ4n) is 0.982. The molecule has 0 atom stereocenters. The van der Waals surface area contributed by atoms with Gasteiger partial charge in [0.1, 0.15) is 0 Å². The van der Waals surface area contributed by atoms with Crippen LogP contribution in [0, 0.1) is 18.3 Å². The van der Waals surface area contributed by atoms with Crippen molar-refractivity contribution in [2.45, 2.75) is 19.5 Å². The lowest BCUT2D eigenvalue weighted by molar-refractivity contribution is -0.141. The zero-order valence-corrected chi connectivity index (χ0v) is 6.74. The molecule has 0 spiro atoms. The number of halogens is 3. The van der Waals surface area contributed by atoms with Crippen LogP contribution in [0.1, 0.15) is 17.0 Å². The Hall–Kier alpha value is -1.51. The number of aromatic nitrogens is 2. The van der Waals surface area contributed by atoms with Crippen molar-refractivity contribution in [3.8, 4) is 6.07 Å². The Labute approximate surface area is 72.2 Å². The lowest BCUT2D eigenvalue weighted by Crippen LogP contribution is -2.08. The molecule has 0 aliphatic heterocycles. The molecule has 0 saturated carbocycles. The van der Waals surface area contributed by atoms with E-state index in [1.807, 2.05) is 0 Å². The van der Waals surface area contributed by atoms with Gasteiger partial charge in [-0.3, -0.25) is 5.10 Å². The number of nitriles is 1. The highest BCUT2D eigenvalue weighted by Gasteiger charge is 2.37. The van der Waals surface area contributed by atoms with Gasteiger partial charge in [0.05, 0.1) is 12.5 Å². The van der Waals surface area contributed by atoms with Crippen LogP contribution in [0.25, 0.3) is 0 Å². The summed E-state index contributed by atoms with van der Waals surface area (Å²) in [5.74, 6) is 0. The van der Waals surface area contributed by atoms with Crippen LogP contribution < -0.4 is 0 Å². The van der Waals surface area contributed by atoms with Crippen LogP contribution in [0.4, 0.5) is 13.2 Å². The number of nitrogens with one attached hydrogen (secondary N) is 1. The zero-order chi connectivity index (χ0) is 10.1. The Morgan fingerprint density at radius 3 is 2.62 bits per heavy atom. The molecule has 1 aromatic rings. The van der Waals surface area contributed by atoms with Gasteiger partial charge in [0.15, 0.2) is 5.69 Å². The Balaban J connectivity index is 3.17. The number of hydrogen-bond donors (Lipinski definition) is 1. The summed E-state index contributed by atoms with van der Waals surface area (Å²) in [6.45, 7) is 1.45. The van der Waals surface area contributed by atoms with E-state index in [9.17, 15) is 13.2 Å². The SMILES string of the molecule is Cc1[nH]nc(C(F)(F)F)c1CC#N. The number of H-pyrrole nitrogens is 1. The molecule has 0 aliphatic rings. The van der Waals surface area contributed by atoms with Gasteiger partial charge in [0.25, 0.3) is 0 Å². The van der Waals surface area contributed by atoms with Gasteiger partial charge in [-0.25, -0.2) is 0 Å². The molecule has 1 aromatic heterocycles. The quantitative estimate of drug-likeness (QED) is 0.732. The Morgan fingerprint density at radius 1 is 1.54 bits per heavy atom. The Kier molecular flexibility index (Phi) is 2.28. The molecule has 70 valence electrons. The minimum absolute atomic E-state index is 0.0741. The summed E-state index contributed by atoms with van der Waals surface area (Å²) in [5.41, 5.74) is -0.782. The fourth-order valence-corrected chi connectivity index (χ4v) is 0.982. The number of aryl methyl sites for hydroxylation is 1. The van der Waals surface area contributed by atoms with Crippen molar-refractivity contribution in [3.05, 3.63) is 17.0 Å². The van der Waals surface area contributed by atoms with Crippen LogP contribution in [-0.4, -0.2) is 10.2 Å². The third-order valence-corrected chi connectivity index (χ3v) is 1.60. The van der Waals surface area contributed by atoms with Crippen LogP contribution in [0.3, 0.4) is 0 Å². The largest absolute Gasteiger partial charge is 0.435 e. The maximum absolute atomic E-state index is 12.2. The van der Waals surface area contributed by atoms with E-state index in [1.165, 1.54) is 6.92 Å². The standard InChI is InChI=1S/C7H6F3N3/c1-4-5(2-3-11)6(13-12-4)7(8,9)10/h2H2,1H3,(H,12,13). The third-order valence-electron chi connectivity index (χ3n) is 1.60. The normalized spacial score (nSPS) is 11.3. The van der Waals surface area contributed by atoms with E-state index in [0.29, 0.717) is 0 Å². The van der Waals surface area contributed by atoms with E-state index < -0.39 is 11.9 Å². The van der Waals surface area contributed by atoms with Crippen molar-refractivity contribution in [1.82, 2.24) is 10.2 Å². The molecular formula is C7H6F3N3. The van der Waals surface area contributed by atoms with Crippen molar-refractivity contribution in [2.24, 2.45) is 0 Å². The predicted molar refractivity (Wildman–Crippen MR) is 37.6 cm³/mol. The van der Waals surface area contributed by atoms with E-state index in [0.717, 1.165) is 0 Å². The van der Waals surface area contributed by atoms with Gasteiger partial charge < -0.3 is 0 Å². The van der Waals surface area contributed by atoms with E-state index >= 15 is 0 Å². The molecule has 0 fully saturated rings. The van der Waals surface area contributed by atoms with Crippen LogP contribution in [0.15, 0.2) is 0 Å². The molecule has 0 amide bonds. The summed E-state index contributed by atoms with van der Waals surface area (Å²) in [6, 6.07) is 1.66. The summed E-state index contributed by atoms with van der Waals surface area (Å²) >= 11 is 0. The van der Waals surface area contributed by atoms with Crippen molar-refractivity contribution in [2.75, 3.05) is 0 Å². The first-order chi connectivity index (χ1) is 5.96. The number of aromatic amines is 1. The molecule has 1 heterocycles. The van der Waals surface area contributed by atoms with Gasteiger partial charge in [-0.1, -0.05) is 0 Å². The van der Waals surface area contributed by atoms with Crippen molar-refractivity contribution in [3.63, 3.8) is 0 Å². The van der Waals surface area contributed by atoms with Crippen LogP contribution >= 0.6 is 0 Å². The smallest absolute Gasteiger partial charge is 0.282 e. The summed E-state index contributed by atoms with van der Waals surface area (Å²) < 4.78 is 36.6. The predicted octanol–water partition coefficient (Wildman–Crippen LogP) is 1.80. The second-order valence-corrected chi connectivity index (χ2v) is 2.51. The van der Waals surface area contributed by atoms with Crippen LogP contribution in [0.5, 0.6) is 0 Å². The zero-order valence-electron chi connectivity index (χ0n) is 6.74. The third kappa shape index (κ3) is 1.80. The number of nitrogens with zero attached hydrogens (tertiary/aromatic N) is 2. The molecule has 0 unspecified atom stereocenters. The highest BCUT2D eigenvalue weighted by Crippen LogP contribution is 2.31. The summed E-state index contributed by atoms with van der Waals surface area (Å²) in [4.78, 5) is 0. The molecule has 1 N–H and O–H groups in total. The molecule has 6 heteroatoms. The summed E-state index contributed by atoms with van der Waals surface area (Å²) in [5, 5.41) is 13.6. The minimum atomic E-state index is -4.49. The van der Waals surface area contributed by atoms with Gasteiger partial charge in [-0.15, -0.1) is 0 Å². The van der Waals surface area contributed by atoms with E-state index in [1.54, 1.807) is 6.07 Å². The molecule has 0 aromatic carbocycles. The van der Waals surface area contributed by atoms with E-state index in [4.69, 9.17) is 5.26 Å². The average molecular weight is 189 g/mol. The van der Waals surface area contributed by atoms with E-state index in [-0.39, 0.29) is 17.7 Å². The second kappa shape index (κ2) is 3.09. The number of alkyl halides is 3. The maximum Gasteiger partial charge on any atom is 0.435 e. The van der Waals surface area contributed by atoms with Crippen molar-refractivity contribution >= 4 is 0 Å². The number of rotatable bonds is 1. The van der Waals surface area contributed by atoms with Crippen molar-refractivity contribution in [1.29, 1.82) is 5.26 Å². The molecule has 0 radical (unpaired) electrons. The lowest BCUT2D eigenvalue weighted by Gasteiger charge is -2.03. The molecule has 0 aliphatic carbocycles. The Morgan fingerprint density at radius 2 is 2.15 bits per heavy atom. The first kappa shape index (κ1) is 9.58. The van der Waals surface area contributed by atoms with E-state index in [2.05, 4.69) is 10.2 Å². The summed E-state index contributed by atoms with van der Waals surface area (Å²) in [6.07, 6.45) is -4.77. The van der Waals surface area contributed by atoms with Gasteiger partial charge in [-0.2, -0.15) is 23.5 Å². The molecule has 0 saturated heterocycles. The van der Waals surface area contributed by atoms with Gasteiger partial charge in [0.2, 0.25) is 0 Å². The van der Waals surface area contributed by atoms with Gasteiger partial charge >= 0.3 is 6.18 Å². The topological polar surface area (TPSA) is 52.5 Å². The monoisotopic (exact) mass is 189 g/mol. The first-order valence-electron chi connectivity index (χ1n) is 3.44. The van der Waals surface area contributed by atoms with Gasteiger partial charge in [0, 0.05) is 11.3 Å². The van der Waals surface area contributed by atoms with Crippen molar-refractivity contribution < 1.29 is 13.2 Å². The number of hydrogen-bond acceptors (Lipinski definition) is 2. The second-order valence-electron chi connectivity index (χ2n) is 2.51. The molecular weight excluding hydrogens is 183 g/mol. The average Bonchev–Trinajstić information content (AvgIpc) is 2.32. The molecule has 3 nitrogen and oxygen atoms in total. The fraction of sp³-hybridized carbons (Fsp3) is 0.429. The van der Waals surface area contributed by atoms with Crippen LogP contribution in [0.2, 0.25) is 0 Å². The molecule has 13 heavy (non-hydrogen) atoms. The highest BCUT2D eigenvalue weighted by molar-refractivity contribution is 5.29. The first-order valence-corrected chi connectivity index (χ1v) is 3.44. The summed E-state index contributed by atoms with van der Waals surface area (Å²) in [7, 11) is 0.